The molecule has 0 heterocycles. The number of hydrogen-bond acceptors (Lipinski definition) is 4. The van der Waals surface area contributed by atoms with Gasteiger partial charge in [-0.3, -0.25) is 9.59 Å². The average molecular weight is 406 g/mol. The molecule has 0 spiro atoms. The second kappa shape index (κ2) is 10.4. The van der Waals surface area contributed by atoms with Crippen LogP contribution in [0.25, 0.3) is 0 Å². The highest BCUT2D eigenvalue weighted by Crippen LogP contribution is 2.28. The van der Waals surface area contributed by atoms with E-state index in [1.54, 1.807) is 38.3 Å². The van der Waals surface area contributed by atoms with E-state index < -0.39 is 17.5 Å². The Bertz CT molecular complexity index is 874. The molecule has 156 valence electrons. The maximum Gasteiger partial charge on any atom is 0.254 e. The van der Waals surface area contributed by atoms with Gasteiger partial charge in [0.1, 0.15) is 11.6 Å². The van der Waals surface area contributed by atoms with E-state index in [1.807, 2.05) is 6.07 Å². The minimum atomic E-state index is -0.923. The molecule has 0 aromatic heterocycles. The van der Waals surface area contributed by atoms with Gasteiger partial charge >= 0.3 is 0 Å². The Balaban J connectivity index is 1.79. The van der Waals surface area contributed by atoms with E-state index in [1.165, 1.54) is 0 Å². The molecule has 2 aromatic carbocycles. The molecule has 2 rings (SSSR count). The molecular weight excluding hydrogens is 382 g/mol. The number of benzene rings is 2. The van der Waals surface area contributed by atoms with Gasteiger partial charge in [-0.25, -0.2) is 8.78 Å². The highest BCUT2D eigenvalue weighted by molar-refractivity contribution is 5.94. The number of amides is 2. The lowest BCUT2D eigenvalue weighted by Crippen LogP contribution is -2.29. The fourth-order valence-electron chi connectivity index (χ4n) is 2.74. The van der Waals surface area contributed by atoms with Crippen molar-refractivity contribution >= 4 is 11.8 Å². The van der Waals surface area contributed by atoms with Crippen LogP contribution in [0.4, 0.5) is 8.78 Å². The van der Waals surface area contributed by atoms with Gasteiger partial charge in [0.15, 0.2) is 11.5 Å². The Morgan fingerprint density at radius 2 is 1.76 bits per heavy atom. The van der Waals surface area contributed by atoms with Gasteiger partial charge in [-0.05, 0) is 36.2 Å². The van der Waals surface area contributed by atoms with Crippen LogP contribution < -0.4 is 14.8 Å². The van der Waals surface area contributed by atoms with Gasteiger partial charge in [-0.15, -0.1) is 0 Å². The molecule has 2 amide bonds. The van der Waals surface area contributed by atoms with Crippen molar-refractivity contribution in [3.8, 4) is 11.5 Å². The van der Waals surface area contributed by atoms with E-state index in [0.717, 1.165) is 17.7 Å². The number of methoxy groups -OCH3 is 2. The molecule has 0 atom stereocenters. The van der Waals surface area contributed by atoms with Gasteiger partial charge in [0.05, 0.1) is 19.8 Å². The molecule has 0 fully saturated rings. The third-order valence-corrected chi connectivity index (χ3v) is 4.32. The van der Waals surface area contributed by atoms with Crippen molar-refractivity contribution in [3.05, 3.63) is 59.2 Å². The van der Waals surface area contributed by atoms with Crippen LogP contribution in [-0.2, 0) is 11.3 Å². The summed E-state index contributed by atoms with van der Waals surface area (Å²) in [6.07, 6.45) is 0.611. The smallest absolute Gasteiger partial charge is 0.254 e. The highest BCUT2D eigenvalue weighted by atomic mass is 19.1. The number of nitrogens with zero attached hydrogens (tertiary/aromatic N) is 1. The number of ether oxygens (including phenoxy) is 2. The zero-order chi connectivity index (χ0) is 21.4. The highest BCUT2D eigenvalue weighted by Gasteiger charge is 2.14. The van der Waals surface area contributed by atoms with E-state index in [-0.39, 0.29) is 24.4 Å². The lowest BCUT2D eigenvalue weighted by Gasteiger charge is -2.18. The molecule has 0 saturated heterocycles. The predicted octanol–water partition coefficient (Wildman–Crippen LogP) is 3.15. The molecule has 29 heavy (non-hydrogen) atoms. The SMILES string of the molecule is COc1ccc(CN(C)C(=O)CCCNC(=O)c2ccc(F)cc2F)cc1OC. The van der Waals surface area contributed by atoms with E-state index >= 15 is 0 Å². The number of hydrogen-bond donors (Lipinski definition) is 1. The summed E-state index contributed by atoms with van der Waals surface area (Å²) in [5.41, 5.74) is 0.655. The first-order valence-electron chi connectivity index (χ1n) is 9.03. The predicted molar refractivity (Wildman–Crippen MR) is 104 cm³/mol. The quantitative estimate of drug-likeness (QED) is 0.650. The molecule has 0 aliphatic heterocycles. The summed E-state index contributed by atoms with van der Waals surface area (Å²) in [7, 11) is 4.78. The van der Waals surface area contributed by atoms with Crippen LogP contribution >= 0.6 is 0 Å². The number of nitrogens with one attached hydrogen (secondary N) is 1. The van der Waals surface area contributed by atoms with Crippen LogP contribution in [0.1, 0.15) is 28.8 Å². The van der Waals surface area contributed by atoms with Crippen molar-refractivity contribution in [3.63, 3.8) is 0 Å². The Hall–Kier alpha value is -3.16. The van der Waals surface area contributed by atoms with E-state index in [9.17, 15) is 18.4 Å². The van der Waals surface area contributed by atoms with Gasteiger partial charge in [-0.2, -0.15) is 0 Å². The number of carbonyl (C=O) groups excluding carboxylic acids is 2. The van der Waals surface area contributed by atoms with Gasteiger partial charge in [0, 0.05) is 32.6 Å². The minimum absolute atomic E-state index is 0.0954. The third kappa shape index (κ3) is 6.17. The average Bonchev–Trinajstić information content (AvgIpc) is 2.70. The number of carbonyl (C=O) groups is 2. The normalized spacial score (nSPS) is 10.4. The lowest BCUT2D eigenvalue weighted by atomic mass is 10.1. The topological polar surface area (TPSA) is 67.9 Å². The Morgan fingerprint density at radius 3 is 2.41 bits per heavy atom. The van der Waals surface area contributed by atoms with Crippen molar-refractivity contribution in [1.29, 1.82) is 0 Å². The van der Waals surface area contributed by atoms with Crippen LogP contribution in [0.5, 0.6) is 11.5 Å². The number of rotatable bonds is 9. The van der Waals surface area contributed by atoms with Crippen molar-refractivity contribution in [2.24, 2.45) is 0 Å². The third-order valence-electron chi connectivity index (χ3n) is 4.32. The zero-order valence-corrected chi connectivity index (χ0v) is 16.6. The van der Waals surface area contributed by atoms with E-state index in [0.29, 0.717) is 30.5 Å². The Morgan fingerprint density at radius 1 is 1.03 bits per heavy atom. The summed E-state index contributed by atoms with van der Waals surface area (Å²) in [6.45, 7) is 0.595. The molecule has 8 heteroatoms. The molecule has 0 saturated carbocycles. The Labute approximate surface area is 168 Å². The molecule has 2 aromatic rings. The van der Waals surface area contributed by atoms with Crippen LogP contribution in [0.3, 0.4) is 0 Å². The molecule has 0 aliphatic carbocycles. The molecule has 1 N–H and O–H groups in total. The summed E-state index contributed by atoms with van der Waals surface area (Å²) in [4.78, 5) is 25.8. The van der Waals surface area contributed by atoms with Crippen LogP contribution in [0.2, 0.25) is 0 Å². The van der Waals surface area contributed by atoms with Crippen LogP contribution in [0, 0.1) is 11.6 Å². The fourth-order valence-corrected chi connectivity index (χ4v) is 2.74. The molecular formula is C21H24F2N2O4. The van der Waals surface area contributed by atoms with Gasteiger partial charge in [0.25, 0.3) is 5.91 Å². The van der Waals surface area contributed by atoms with Gasteiger partial charge in [0.2, 0.25) is 5.91 Å². The standard InChI is InChI=1S/C21H24F2N2O4/c1-25(13-14-6-9-18(28-2)19(11-14)29-3)20(26)5-4-10-24-21(27)16-8-7-15(22)12-17(16)23/h6-9,11-12H,4-5,10,13H2,1-3H3,(H,24,27). The van der Waals surface area contributed by atoms with Crippen molar-refractivity contribution in [2.45, 2.75) is 19.4 Å². The van der Waals surface area contributed by atoms with E-state index in [2.05, 4.69) is 5.32 Å². The second-order valence-electron chi connectivity index (χ2n) is 6.42. The summed E-state index contributed by atoms with van der Waals surface area (Å²) in [5, 5.41) is 2.53. The first-order chi connectivity index (χ1) is 13.8. The maximum absolute atomic E-state index is 13.6. The zero-order valence-electron chi connectivity index (χ0n) is 16.6. The fraction of sp³-hybridized carbons (Fsp3) is 0.333. The first-order valence-corrected chi connectivity index (χ1v) is 9.03. The summed E-state index contributed by atoms with van der Waals surface area (Å²) < 4.78 is 36.9. The summed E-state index contributed by atoms with van der Waals surface area (Å²) in [6, 6.07) is 8.19. The molecule has 0 bridgehead atoms. The minimum Gasteiger partial charge on any atom is -0.493 e. The summed E-state index contributed by atoms with van der Waals surface area (Å²) >= 11 is 0. The second-order valence-corrected chi connectivity index (χ2v) is 6.42. The lowest BCUT2D eigenvalue weighted by molar-refractivity contribution is -0.130. The summed E-state index contributed by atoms with van der Waals surface area (Å²) in [5.74, 6) is -1.22. The van der Waals surface area contributed by atoms with Crippen molar-refractivity contribution in [2.75, 3.05) is 27.8 Å². The molecule has 6 nitrogen and oxygen atoms in total. The monoisotopic (exact) mass is 406 g/mol. The van der Waals surface area contributed by atoms with Gasteiger partial charge in [-0.1, -0.05) is 6.07 Å². The van der Waals surface area contributed by atoms with Crippen molar-refractivity contribution in [1.82, 2.24) is 10.2 Å². The van der Waals surface area contributed by atoms with Crippen LogP contribution in [0.15, 0.2) is 36.4 Å². The van der Waals surface area contributed by atoms with Crippen LogP contribution in [-0.4, -0.2) is 44.5 Å². The van der Waals surface area contributed by atoms with E-state index in [4.69, 9.17) is 9.47 Å². The van der Waals surface area contributed by atoms with Crippen molar-refractivity contribution < 1.29 is 27.8 Å². The Kier molecular flexibility index (Phi) is 7.94. The molecule has 0 unspecified atom stereocenters. The van der Waals surface area contributed by atoms with Gasteiger partial charge < -0.3 is 19.7 Å². The molecule has 0 radical (unpaired) electrons. The largest absolute Gasteiger partial charge is 0.493 e. The maximum atomic E-state index is 13.6. The number of halogens is 2. The first kappa shape index (κ1) is 22.1. The molecule has 0 aliphatic rings.